The Morgan fingerprint density at radius 1 is 1.44 bits per heavy atom. The normalized spacial score (nSPS) is 10.7. The molecule has 0 atom stereocenters. The Morgan fingerprint density at radius 2 is 2.25 bits per heavy atom. The zero-order chi connectivity index (χ0) is 11.5. The Hall–Kier alpha value is -1.20. The average molecular weight is 282 g/mol. The van der Waals surface area contributed by atoms with Gasteiger partial charge in [-0.3, -0.25) is 0 Å². The maximum Gasteiger partial charge on any atom is 0.0854 e. The molecule has 0 bridgehead atoms. The van der Waals surface area contributed by atoms with Gasteiger partial charge in [0.2, 0.25) is 0 Å². The molecule has 0 fully saturated rings. The lowest BCUT2D eigenvalue weighted by molar-refractivity contribution is 0.298. The quantitative estimate of drug-likeness (QED) is 0.935. The van der Waals surface area contributed by atoms with Gasteiger partial charge in [-0.25, -0.2) is 4.68 Å². The first-order valence-electron chi connectivity index (χ1n) is 5.00. The number of nitrogens with zero attached hydrogens (tertiary/aromatic N) is 3. The lowest BCUT2D eigenvalue weighted by Gasteiger charge is -2.05. The maximum absolute atomic E-state index is 8.81. The van der Waals surface area contributed by atoms with E-state index in [4.69, 9.17) is 5.11 Å². The van der Waals surface area contributed by atoms with Crippen LogP contribution in [0, 0.1) is 6.92 Å². The summed E-state index contributed by atoms with van der Waals surface area (Å²) in [6.45, 7) is 2.11. The van der Waals surface area contributed by atoms with Crippen LogP contribution in [-0.2, 0) is 6.42 Å². The highest BCUT2D eigenvalue weighted by Gasteiger charge is 2.06. The summed E-state index contributed by atoms with van der Waals surface area (Å²) in [6.07, 6.45) is 2.37. The summed E-state index contributed by atoms with van der Waals surface area (Å²) in [5.41, 5.74) is 2.90. The van der Waals surface area contributed by atoms with Crippen LogP contribution >= 0.6 is 15.9 Å². The van der Waals surface area contributed by atoms with Gasteiger partial charge in [0.15, 0.2) is 0 Å². The second kappa shape index (κ2) is 4.76. The van der Waals surface area contributed by atoms with Crippen molar-refractivity contribution in [3.05, 3.63) is 40.1 Å². The number of aliphatic hydroxyl groups excluding tert-OH is 1. The summed E-state index contributed by atoms with van der Waals surface area (Å²) in [7, 11) is 0. The van der Waals surface area contributed by atoms with E-state index in [9.17, 15) is 0 Å². The minimum absolute atomic E-state index is 0.0934. The van der Waals surface area contributed by atoms with Gasteiger partial charge >= 0.3 is 0 Å². The number of hydrogen-bond donors (Lipinski definition) is 1. The molecule has 0 saturated heterocycles. The highest BCUT2D eigenvalue weighted by atomic mass is 79.9. The van der Waals surface area contributed by atoms with Gasteiger partial charge in [-0.2, -0.15) is 0 Å². The van der Waals surface area contributed by atoms with Crippen LogP contribution in [0.3, 0.4) is 0 Å². The van der Waals surface area contributed by atoms with Crippen molar-refractivity contribution in [3.8, 4) is 5.69 Å². The molecule has 0 aliphatic heterocycles. The molecule has 0 unspecified atom stereocenters. The fourth-order valence-electron chi connectivity index (χ4n) is 1.49. The standard InChI is InChI=1S/C11H12BrN3O/c1-8-10(12)3-2-4-11(8)15-7-9(5-6-16)13-14-15/h2-4,7,16H,5-6H2,1H3. The van der Waals surface area contributed by atoms with Gasteiger partial charge in [0.1, 0.15) is 0 Å². The molecule has 0 aliphatic rings. The minimum atomic E-state index is 0.0934. The summed E-state index contributed by atoms with van der Waals surface area (Å²) in [5.74, 6) is 0. The van der Waals surface area contributed by atoms with Gasteiger partial charge in [0, 0.05) is 17.5 Å². The monoisotopic (exact) mass is 281 g/mol. The molecule has 84 valence electrons. The summed E-state index contributed by atoms with van der Waals surface area (Å²) < 4.78 is 2.77. The number of aliphatic hydroxyl groups is 1. The van der Waals surface area contributed by atoms with Gasteiger partial charge in [-0.1, -0.05) is 27.2 Å². The molecule has 0 amide bonds. The number of aromatic nitrogens is 3. The van der Waals surface area contributed by atoms with Crippen LogP contribution in [0.2, 0.25) is 0 Å². The third-order valence-corrected chi connectivity index (χ3v) is 3.25. The molecule has 2 aromatic rings. The van der Waals surface area contributed by atoms with Gasteiger partial charge in [0.05, 0.1) is 17.6 Å². The molecule has 0 spiro atoms. The van der Waals surface area contributed by atoms with Crippen LogP contribution in [0.5, 0.6) is 0 Å². The molecule has 1 heterocycles. The zero-order valence-corrected chi connectivity index (χ0v) is 10.5. The van der Waals surface area contributed by atoms with Crippen LogP contribution in [-0.4, -0.2) is 26.7 Å². The summed E-state index contributed by atoms with van der Waals surface area (Å²) >= 11 is 3.48. The molecular formula is C11H12BrN3O. The smallest absolute Gasteiger partial charge is 0.0854 e. The molecular weight excluding hydrogens is 270 g/mol. The van der Waals surface area contributed by atoms with Gasteiger partial charge < -0.3 is 5.11 Å². The van der Waals surface area contributed by atoms with Crippen LogP contribution in [0.1, 0.15) is 11.3 Å². The highest BCUT2D eigenvalue weighted by Crippen LogP contribution is 2.21. The maximum atomic E-state index is 8.81. The Morgan fingerprint density at radius 3 is 3.00 bits per heavy atom. The predicted molar refractivity (Wildman–Crippen MR) is 64.6 cm³/mol. The van der Waals surface area contributed by atoms with E-state index >= 15 is 0 Å². The van der Waals surface area contributed by atoms with E-state index in [1.807, 2.05) is 31.3 Å². The Kier molecular flexibility index (Phi) is 3.36. The van der Waals surface area contributed by atoms with Gasteiger partial charge in [-0.15, -0.1) is 5.10 Å². The van der Waals surface area contributed by atoms with Crippen LogP contribution < -0.4 is 0 Å². The Labute approximate surface area is 102 Å². The zero-order valence-electron chi connectivity index (χ0n) is 8.89. The molecule has 2 rings (SSSR count). The van der Waals surface area contributed by atoms with E-state index in [2.05, 4.69) is 26.2 Å². The van der Waals surface area contributed by atoms with E-state index in [0.717, 1.165) is 21.4 Å². The topological polar surface area (TPSA) is 50.9 Å². The van der Waals surface area contributed by atoms with Crippen molar-refractivity contribution in [3.63, 3.8) is 0 Å². The molecule has 0 saturated carbocycles. The second-order valence-corrected chi connectivity index (χ2v) is 4.37. The van der Waals surface area contributed by atoms with Crippen molar-refractivity contribution in [2.45, 2.75) is 13.3 Å². The number of hydrogen-bond acceptors (Lipinski definition) is 3. The van der Waals surface area contributed by atoms with E-state index in [-0.39, 0.29) is 6.61 Å². The Balaban J connectivity index is 2.39. The second-order valence-electron chi connectivity index (χ2n) is 3.51. The molecule has 0 radical (unpaired) electrons. The SMILES string of the molecule is Cc1c(Br)cccc1-n1cc(CCO)nn1. The fourth-order valence-corrected chi connectivity index (χ4v) is 1.85. The van der Waals surface area contributed by atoms with E-state index in [0.29, 0.717) is 6.42 Å². The number of rotatable bonds is 3. The fraction of sp³-hybridized carbons (Fsp3) is 0.273. The van der Waals surface area contributed by atoms with Crippen molar-refractivity contribution in [2.75, 3.05) is 6.61 Å². The van der Waals surface area contributed by atoms with Crippen molar-refractivity contribution in [1.29, 1.82) is 0 Å². The third-order valence-electron chi connectivity index (χ3n) is 2.39. The van der Waals surface area contributed by atoms with E-state index < -0.39 is 0 Å². The van der Waals surface area contributed by atoms with Crippen LogP contribution in [0.4, 0.5) is 0 Å². The van der Waals surface area contributed by atoms with Crippen molar-refractivity contribution in [2.24, 2.45) is 0 Å². The first-order chi connectivity index (χ1) is 7.72. The van der Waals surface area contributed by atoms with Crippen molar-refractivity contribution >= 4 is 15.9 Å². The number of benzene rings is 1. The first-order valence-corrected chi connectivity index (χ1v) is 5.79. The largest absolute Gasteiger partial charge is 0.396 e. The van der Waals surface area contributed by atoms with E-state index in [1.54, 1.807) is 4.68 Å². The molecule has 0 aliphatic carbocycles. The van der Waals surface area contributed by atoms with Crippen LogP contribution in [0.25, 0.3) is 5.69 Å². The van der Waals surface area contributed by atoms with Crippen molar-refractivity contribution < 1.29 is 5.11 Å². The lowest BCUT2D eigenvalue weighted by Crippen LogP contribution is -1.98. The third kappa shape index (κ3) is 2.15. The first kappa shape index (κ1) is 11.3. The number of halogens is 1. The van der Waals surface area contributed by atoms with Crippen LogP contribution in [0.15, 0.2) is 28.9 Å². The summed E-state index contributed by atoms with van der Waals surface area (Å²) in [5, 5.41) is 16.8. The van der Waals surface area contributed by atoms with Gasteiger partial charge in [-0.05, 0) is 24.6 Å². The molecule has 16 heavy (non-hydrogen) atoms. The molecule has 1 N–H and O–H groups in total. The average Bonchev–Trinajstić information content (AvgIpc) is 2.71. The predicted octanol–water partition coefficient (Wildman–Crippen LogP) is 1.87. The van der Waals surface area contributed by atoms with Gasteiger partial charge in [0.25, 0.3) is 0 Å². The highest BCUT2D eigenvalue weighted by molar-refractivity contribution is 9.10. The van der Waals surface area contributed by atoms with E-state index in [1.165, 1.54) is 0 Å². The molecule has 1 aromatic carbocycles. The molecule has 1 aromatic heterocycles. The molecule has 4 nitrogen and oxygen atoms in total. The van der Waals surface area contributed by atoms with Crippen molar-refractivity contribution in [1.82, 2.24) is 15.0 Å². The summed E-state index contributed by atoms with van der Waals surface area (Å²) in [6, 6.07) is 5.93. The molecule has 5 heteroatoms. The summed E-state index contributed by atoms with van der Waals surface area (Å²) in [4.78, 5) is 0. The Bertz CT molecular complexity index is 496. The minimum Gasteiger partial charge on any atom is -0.396 e. The lowest BCUT2D eigenvalue weighted by atomic mass is 10.2.